The van der Waals surface area contributed by atoms with E-state index in [0.717, 1.165) is 0 Å². The van der Waals surface area contributed by atoms with Gasteiger partial charge in [0, 0.05) is 52.4 Å². The Bertz CT molecular complexity index is 303. The lowest BCUT2D eigenvalue weighted by molar-refractivity contribution is 0.0422. The van der Waals surface area contributed by atoms with Crippen molar-refractivity contribution in [3.8, 4) is 0 Å². The van der Waals surface area contributed by atoms with E-state index in [1.807, 2.05) is 0 Å². The van der Waals surface area contributed by atoms with Crippen LogP contribution in [0.15, 0.2) is 0 Å². The van der Waals surface area contributed by atoms with Crippen LogP contribution in [0.1, 0.15) is 53.4 Å². The Balaban J connectivity index is 1.64. The van der Waals surface area contributed by atoms with E-state index in [1.165, 1.54) is 91.1 Å². The minimum absolute atomic E-state index is 0.474. The number of nitrogens with zero attached hydrogens (tertiary/aromatic N) is 4. The van der Waals surface area contributed by atoms with E-state index in [0.29, 0.717) is 12.3 Å². The maximum Gasteiger partial charge on any atom is 0.0580 e. The van der Waals surface area contributed by atoms with Crippen LogP contribution in [-0.4, -0.2) is 97.4 Å². The molecule has 0 aliphatic carbocycles. The van der Waals surface area contributed by atoms with Gasteiger partial charge < -0.3 is 9.80 Å². The number of hydrogen-bond acceptors (Lipinski definition) is 5. The van der Waals surface area contributed by atoms with E-state index in [-0.39, 0.29) is 0 Å². The van der Waals surface area contributed by atoms with E-state index >= 15 is 0 Å². The molecule has 0 aromatic heterocycles. The van der Waals surface area contributed by atoms with E-state index in [1.54, 1.807) is 0 Å². The topological polar surface area (TPSA) is 25.0 Å². The van der Waals surface area contributed by atoms with Gasteiger partial charge in [-0.25, -0.2) is 0 Å². The Morgan fingerprint density at radius 3 is 1.32 bits per heavy atom. The first-order valence-corrected chi connectivity index (χ1v) is 10.8. The second kappa shape index (κ2) is 11.5. The molecule has 0 amide bonds. The SMILES string of the molecule is CCCCN1CCN(C(C)NC(C)N2CCN(CCCC)CC2)CC1. The number of rotatable bonds is 10. The second-order valence-corrected chi connectivity index (χ2v) is 7.98. The van der Waals surface area contributed by atoms with Gasteiger partial charge in [-0.1, -0.05) is 26.7 Å². The molecule has 0 aromatic rings. The summed E-state index contributed by atoms with van der Waals surface area (Å²) in [7, 11) is 0. The Morgan fingerprint density at radius 1 is 0.640 bits per heavy atom. The maximum absolute atomic E-state index is 3.85. The molecule has 5 heteroatoms. The van der Waals surface area contributed by atoms with Crippen LogP contribution in [0.25, 0.3) is 0 Å². The lowest BCUT2D eigenvalue weighted by atomic mass is 10.2. The van der Waals surface area contributed by atoms with Gasteiger partial charge in [-0.15, -0.1) is 0 Å². The van der Waals surface area contributed by atoms with Crippen molar-refractivity contribution in [3.63, 3.8) is 0 Å². The van der Waals surface area contributed by atoms with Crippen LogP contribution in [0.3, 0.4) is 0 Å². The Labute approximate surface area is 156 Å². The quantitative estimate of drug-likeness (QED) is 0.649. The first kappa shape index (κ1) is 21.1. The highest BCUT2D eigenvalue weighted by Crippen LogP contribution is 2.10. The molecular formula is C20H43N5. The Kier molecular flexibility index (Phi) is 9.71. The fourth-order valence-electron chi connectivity index (χ4n) is 4.07. The maximum atomic E-state index is 3.85. The molecule has 2 unspecified atom stereocenters. The van der Waals surface area contributed by atoms with Gasteiger partial charge in [0.1, 0.15) is 0 Å². The molecule has 2 aliphatic heterocycles. The monoisotopic (exact) mass is 353 g/mol. The molecule has 0 bridgehead atoms. The molecule has 2 atom stereocenters. The van der Waals surface area contributed by atoms with Crippen LogP contribution in [0.5, 0.6) is 0 Å². The van der Waals surface area contributed by atoms with E-state index in [2.05, 4.69) is 52.6 Å². The van der Waals surface area contributed by atoms with Gasteiger partial charge in [0.15, 0.2) is 0 Å². The minimum atomic E-state index is 0.474. The molecule has 0 spiro atoms. The highest BCUT2D eigenvalue weighted by molar-refractivity contribution is 4.79. The van der Waals surface area contributed by atoms with Crippen LogP contribution in [0, 0.1) is 0 Å². The molecule has 2 heterocycles. The number of piperazine rings is 2. The van der Waals surface area contributed by atoms with Crippen LogP contribution < -0.4 is 5.32 Å². The molecule has 0 radical (unpaired) electrons. The lowest BCUT2D eigenvalue weighted by Gasteiger charge is -2.42. The van der Waals surface area contributed by atoms with Crippen LogP contribution in [0.4, 0.5) is 0 Å². The van der Waals surface area contributed by atoms with E-state index in [4.69, 9.17) is 0 Å². The molecule has 0 saturated carbocycles. The summed E-state index contributed by atoms with van der Waals surface area (Å²) in [5, 5.41) is 3.85. The molecule has 2 saturated heterocycles. The largest absolute Gasteiger partial charge is 0.301 e. The summed E-state index contributed by atoms with van der Waals surface area (Å²) in [5.41, 5.74) is 0. The van der Waals surface area contributed by atoms with Crippen LogP contribution in [-0.2, 0) is 0 Å². The number of unbranched alkanes of at least 4 members (excludes halogenated alkanes) is 2. The highest BCUT2D eigenvalue weighted by Gasteiger charge is 2.25. The summed E-state index contributed by atoms with van der Waals surface area (Å²) in [5.74, 6) is 0. The molecule has 1 N–H and O–H groups in total. The zero-order valence-corrected chi connectivity index (χ0v) is 17.3. The standard InChI is InChI=1S/C20H43N5/c1-5-7-9-22-11-15-24(16-12-22)19(3)21-20(4)25-17-13-23(14-18-25)10-8-6-2/h19-21H,5-18H2,1-4H3. The van der Waals surface area contributed by atoms with Crippen molar-refractivity contribution in [1.29, 1.82) is 0 Å². The Hall–Kier alpha value is -0.200. The summed E-state index contributed by atoms with van der Waals surface area (Å²) >= 11 is 0. The first-order valence-electron chi connectivity index (χ1n) is 10.8. The molecule has 2 fully saturated rings. The average molecular weight is 354 g/mol. The highest BCUT2D eigenvalue weighted by atomic mass is 15.4. The van der Waals surface area contributed by atoms with Crippen LogP contribution >= 0.6 is 0 Å². The average Bonchev–Trinajstić information content (AvgIpc) is 2.65. The molecule has 2 aliphatic rings. The molecule has 5 nitrogen and oxygen atoms in total. The normalized spacial score (nSPS) is 24.5. The summed E-state index contributed by atoms with van der Waals surface area (Å²) in [6, 6.07) is 0. The van der Waals surface area contributed by atoms with E-state index in [9.17, 15) is 0 Å². The number of hydrogen-bond donors (Lipinski definition) is 1. The molecule has 148 valence electrons. The van der Waals surface area contributed by atoms with Crippen molar-refractivity contribution < 1.29 is 0 Å². The van der Waals surface area contributed by atoms with Gasteiger partial charge in [-0.3, -0.25) is 15.1 Å². The molecule has 2 rings (SSSR count). The van der Waals surface area contributed by atoms with Gasteiger partial charge >= 0.3 is 0 Å². The van der Waals surface area contributed by atoms with Crippen molar-refractivity contribution in [3.05, 3.63) is 0 Å². The summed E-state index contributed by atoms with van der Waals surface area (Å²) in [4.78, 5) is 10.5. The Morgan fingerprint density at radius 2 is 1.00 bits per heavy atom. The summed E-state index contributed by atoms with van der Waals surface area (Å²) < 4.78 is 0. The minimum Gasteiger partial charge on any atom is -0.301 e. The van der Waals surface area contributed by atoms with Gasteiger partial charge in [0.2, 0.25) is 0 Å². The summed E-state index contributed by atoms with van der Waals surface area (Å²) in [6.07, 6.45) is 6.25. The zero-order valence-electron chi connectivity index (χ0n) is 17.3. The fraction of sp³-hybridized carbons (Fsp3) is 1.00. The summed E-state index contributed by atoms with van der Waals surface area (Å²) in [6.45, 7) is 21.6. The third kappa shape index (κ3) is 7.14. The first-order chi connectivity index (χ1) is 12.1. The molecular weight excluding hydrogens is 310 g/mol. The van der Waals surface area contributed by atoms with Crippen LogP contribution in [0.2, 0.25) is 0 Å². The van der Waals surface area contributed by atoms with Crippen molar-refractivity contribution in [2.45, 2.75) is 65.7 Å². The third-order valence-corrected chi connectivity index (χ3v) is 6.05. The van der Waals surface area contributed by atoms with E-state index < -0.39 is 0 Å². The van der Waals surface area contributed by atoms with Gasteiger partial charge in [0.05, 0.1) is 12.3 Å². The third-order valence-electron chi connectivity index (χ3n) is 6.05. The van der Waals surface area contributed by atoms with Gasteiger partial charge in [-0.05, 0) is 39.8 Å². The number of nitrogens with one attached hydrogen (secondary N) is 1. The van der Waals surface area contributed by atoms with Crippen molar-refractivity contribution in [2.24, 2.45) is 0 Å². The van der Waals surface area contributed by atoms with Crippen molar-refractivity contribution >= 4 is 0 Å². The fourth-order valence-corrected chi connectivity index (χ4v) is 4.07. The predicted molar refractivity (Wildman–Crippen MR) is 108 cm³/mol. The van der Waals surface area contributed by atoms with Crippen molar-refractivity contribution in [2.75, 3.05) is 65.4 Å². The second-order valence-electron chi connectivity index (χ2n) is 7.98. The molecule has 25 heavy (non-hydrogen) atoms. The smallest absolute Gasteiger partial charge is 0.0580 e. The lowest BCUT2D eigenvalue weighted by Crippen LogP contribution is -2.60. The predicted octanol–water partition coefficient (Wildman–Crippen LogP) is 2.10. The molecule has 0 aromatic carbocycles. The van der Waals surface area contributed by atoms with Crippen molar-refractivity contribution in [1.82, 2.24) is 24.9 Å². The van der Waals surface area contributed by atoms with Gasteiger partial charge in [0.25, 0.3) is 0 Å². The van der Waals surface area contributed by atoms with Gasteiger partial charge in [-0.2, -0.15) is 0 Å². The zero-order chi connectivity index (χ0) is 18.1.